The van der Waals surface area contributed by atoms with Crippen molar-refractivity contribution >= 4 is 23.2 Å². The van der Waals surface area contributed by atoms with Crippen molar-refractivity contribution in [1.82, 2.24) is 9.47 Å². The van der Waals surface area contributed by atoms with Crippen LogP contribution in [0.15, 0.2) is 54.7 Å². The zero-order valence-corrected chi connectivity index (χ0v) is 19.6. The average Bonchev–Trinajstić information content (AvgIpc) is 3.50. The summed E-state index contributed by atoms with van der Waals surface area (Å²) >= 11 is 6.02. The molecule has 0 atom stereocenters. The predicted molar refractivity (Wildman–Crippen MR) is 131 cm³/mol. The van der Waals surface area contributed by atoms with Crippen molar-refractivity contribution < 1.29 is 14.3 Å². The van der Waals surface area contributed by atoms with Crippen molar-refractivity contribution in [1.29, 1.82) is 0 Å². The summed E-state index contributed by atoms with van der Waals surface area (Å²) in [5, 5.41) is 0.697. The number of halogens is 1. The number of ether oxygens (including phenoxy) is 2. The standard InChI is InChI=1S/C26H28ClN3O3/c1-32-24-9-8-22(17-25(24)33-15-14-28-10-2-3-11-28)30-13-12-29-18-20(16-23(29)26(30)31)19-4-6-21(27)7-5-19/h4-9,16-18H,2-3,10-15H2,1H3. The number of hydrogen-bond donors (Lipinski definition) is 0. The number of carbonyl (C=O) groups excluding carboxylic acids is 1. The second-order valence-electron chi connectivity index (χ2n) is 8.50. The number of fused-ring (bicyclic) bond motifs is 1. The van der Waals surface area contributed by atoms with E-state index in [9.17, 15) is 4.79 Å². The zero-order valence-electron chi connectivity index (χ0n) is 18.8. The third kappa shape index (κ3) is 4.59. The number of anilines is 1. The Kier molecular flexibility index (Phi) is 6.29. The Hall–Kier alpha value is -2.96. The van der Waals surface area contributed by atoms with Crippen LogP contribution in [-0.4, -0.2) is 55.3 Å². The quantitative estimate of drug-likeness (QED) is 0.495. The zero-order chi connectivity index (χ0) is 22.8. The third-order valence-electron chi connectivity index (χ3n) is 6.43. The van der Waals surface area contributed by atoms with E-state index in [1.54, 1.807) is 7.11 Å². The van der Waals surface area contributed by atoms with Gasteiger partial charge in [-0.3, -0.25) is 9.69 Å². The van der Waals surface area contributed by atoms with Crippen molar-refractivity contribution in [3.8, 4) is 22.6 Å². The minimum absolute atomic E-state index is 0.0188. The Bertz CT molecular complexity index is 1140. The molecule has 3 heterocycles. The first-order valence-corrected chi connectivity index (χ1v) is 11.8. The van der Waals surface area contributed by atoms with Crippen LogP contribution in [0.2, 0.25) is 5.02 Å². The van der Waals surface area contributed by atoms with E-state index >= 15 is 0 Å². The van der Waals surface area contributed by atoms with Crippen LogP contribution in [0.5, 0.6) is 11.5 Å². The molecule has 0 unspecified atom stereocenters. The van der Waals surface area contributed by atoms with E-state index in [-0.39, 0.29) is 5.91 Å². The Morgan fingerprint density at radius 2 is 1.70 bits per heavy atom. The summed E-state index contributed by atoms with van der Waals surface area (Å²) in [6.07, 6.45) is 4.56. The fourth-order valence-corrected chi connectivity index (χ4v) is 4.73. The second kappa shape index (κ2) is 9.49. The SMILES string of the molecule is COc1ccc(N2CCn3cc(-c4ccc(Cl)cc4)cc3C2=O)cc1OCCN1CCCC1. The average molecular weight is 466 g/mol. The molecule has 0 spiro atoms. The molecule has 0 radical (unpaired) electrons. The number of methoxy groups -OCH3 is 1. The highest BCUT2D eigenvalue weighted by molar-refractivity contribution is 6.30. The normalized spacial score (nSPS) is 16.2. The lowest BCUT2D eigenvalue weighted by atomic mass is 10.1. The molecule has 33 heavy (non-hydrogen) atoms. The van der Waals surface area contributed by atoms with Gasteiger partial charge in [0.1, 0.15) is 12.3 Å². The number of aromatic nitrogens is 1. The van der Waals surface area contributed by atoms with E-state index in [1.165, 1.54) is 12.8 Å². The molecule has 0 N–H and O–H groups in total. The molecule has 3 aromatic rings. The molecule has 2 aliphatic rings. The van der Waals surface area contributed by atoms with Gasteiger partial charge >= 0.3 is 0 Å². The van der Waals surface area contributed by atoms with Crippen molar-refractivity contribution in [2.24, 2.45) is 0 Å². The van der Waals surface area contributed by atoms with Gasteiger partial charge in [-0.2, -0.15) is 0 Å². The molecular formula is C26H28ClN3O3. The van der Waals surface area contributed by atoms with E-state index in [0.717, 1.165) is 43.0 Å². The van der Waals surface area contributed by atoms with Gasteiger partial charge in [-0.05, 0) is 61.8 Å². The predicted octanol–water partition coefficient (Wildman–Crippen LogP) is 4.95. The van der Waals surface area contributed by atoms with Gasteiger partial charge in [0.15, 0.2) is 11.5 Å². The van der Waals surface area contributed by atoms with Crippen LogP contribution in [0.3, 0.4) is 0 Å². The highest BCUT2D eigenvalue weighted by Gasteiger charge is 2.27. The lowest BCUT2D eigenvalue weighted by molar-refractivity contribution is 0.0965. The summed E-state index contributed by atoms with van der Waals surface area (Å²) in [5.74, 6) is 1.33. The fourth-order valence-electron chi connectivity index (χ4n) is 4.61. The van der Waals surface area contributed by atoms with Crippen molar-refractivity contribution in [2.75, 3.05) is 44.8 Å². The van der Waals surface area contributed by atoms with E-state index < -0.39 is 0 Å². The van der Waals surface area contributed by atoms with Crippen LogP contribution in [0.25, 0.3) is 11.1 Å². The number of likely N-dealkylation sites (tertiary alicyclic amines) is 1. The van der Waals surface area contributed by atoms with Crippen LogP contribution in [0, 0.1) is 0 Å². The van der Waals surface area contributed by atoms with Gasteiger partial charge in [-0.15, -0.1) is 0 Å². The van der Waals surface area contributed by atoms with Crippen LogP contribution < -0.4 is 14.4 Å². The van der Waals surface area contributed by atoms with Crippen molar-refractivity contribution in [3.63, 3.8) is 0 Å². The molecule has 0 bridgehead atoms. The van der Waals surface area contributed by atoms with Gasteiger partial charge in [-0.1, -0.05) is 23.7 Å². The highest BCUT2D eigenvalue weighted by atomic mass is 35.5. The molecule has 5 rings (SSSR count). The summed E-state index contributed by atoms with van der Waals surface area (Å²) in [5.41, 5.74) is 3.55. The lowest BCUT2D eigenvalue weighted by Crippen LogP contribution is -2.39. The Labute approximate surface area is 199 Å². The summed E-state index contributed by atoms with van der Waals surface area (Å²) in [6.45, 7) is 5.10. The molecule has 2 aliphatic heterocycles. The van der Waals surface area contributed by atoms with E-state index in [4.69, 9.17) is 21.1 Å². The van der Waals surface area contributed by atoms with Crippen molar-refractivity contribution in [3.05, 3.63) is 65.4 Å². The van der Waals surface area contributed by atoms with Gasteiger partial charge in [0.05, 0.1) is 7.11 Å². The number of amides is 1. The number of hydrogen-bond acceptors (Lipinski definition) is 4. The monoisotopic (exact) mass is 465 g/mol. The number of nitrogens with zero attached hydrogens (tertiary/aromatic N) is 3. The van der Waals surface area contributed by atoms with Gasteiger partial charge in [0, 0.05) is 48.2 Å². The van der Waals surface area contributed by atoms with Crippen molar-refractivity contribution in [2.45, 2.75) is 19.4 Å². The Morgan fingerprint density at radius 3 is 2.45 bits per heavy atom. The van der Waals surface area contributed by atoms with Gasteiger partial charge in [0.2, 0.25) is 0 Å². The molecule has 7 heteroatoms. The molecule has 172 valence electrons. The molecule has 2 aromatic carbocycles. The molecule has 0 saturated carbocycles. The van der Waals surface area contributed by atoms with E-state index in [1.807, 2.05) is 64.2 Å². The third-order valence-corrected chi connectivity index (χ3v) is 6.68. The number of carbonyl (C=O) groups is 1. The van der Waals surface area contributed by atoms with Crippen LogP contribution in [0.1, 0.15) is 23.3 Å². The lowest BCUT2D eigenvalue weighted by Gasteiger charge is -2.29. The first-order valence-electron chi connectivity index (χ1n) is 11.4. The summed E-state index contributed by atoms with van der Waals surface area (Å²) in [4.78, 5) is 17.6. The van der Waals surface area contributed by atoms with Gasteiger partial charge in [-0.25, -0.2) is 0 Å². The van der Waals surface area contributed by atoms with E-state index in [2.05, 4.69) is 4.90 Å². The maximum atomic E-state index is 13.4. The largest absolute Gasteiger partial charge is 0.493 e. The topological polar surface area (TPSA) is 46.9 Å². The highest BCUT2D eigenvalue weighted by Crippen LogP contribution is 2.34. The summed E-state index contributed by atoms with van der Waals surface area (Å²) in [6, 6.07) is 15.3. The Balaban J connectivity index is 1.34. The Morgan fingerprint density at radius 1 is 0.909 bits per heavy atom. The maximum Gasteiger partial charge on any atom is 0.274 e. The molecule has 1 saturated heterocycles. The number of benzene rings is 2. The molecule has 1 amide bonds. The van der Waals surface area contributed by atoms with E-state index in [0.29, 0.717) is 35.4 Å². The molecular weight excluding hydrogens is 438 g/mol. The minimum atomic E-state index is -0.0188. The first kappa shape index (κ1) is 21.9. The molecule has 1 aromatic heterocycles. The fraction of sp³-hybridized carbons (Fsp3) is 0.346. The first-order chi connectivity index (χ1) is 16.1. The molecule has 6 nitrogen and oxygen atoms in total. The van der Waals surface area contributed by atoms with Crippen LogP contribution in [-0.2, 0) is 6.54 Å². The second-order valence-corrected chi connectivity index (χ2v) is 8.94. The number of rotatable bonds is 7. The summed E-state index contributed by atoms with van der Waals surface area (Å²) in [7, 11) is 1.64. The molecule has 1 fully saturated rings. The van der Waals surface area contributed by atoms with Gasteiger partial charge in [0.25, 0.3) is 5.91 Å². The van der Waals surface area contributed by atoms with Crippen LogP contribution >= 0.6 is 11.6 Å². The van der Waals surface area contributed by atoms with Crippen LogP contribution in [0.4, 0.5) is 5.69 Å². The minimum Gasteiger partial charge on any atom is -0.493 e. The maximum absolute atomic E-state index is 13.4. The molecule has 0 aliphatic carbocycles. The summed E-state index contributed by atoms with van der Waals surface area (Å²) < 4.78 is 13.6. The van der Waals surface area contributed by atoms with Gasteiger partial charge < -0.3 is 18.9 Å². The smallest absolute Gasteiger partial charge is 0.274 e.